The molecule has 2 amide bonds. The molecule has 1 fully saturated rings. The summed E-state index contributed by atoms with van der Waals surface area (Å²) in [4.78, 5) is 28.8. The summed E-state index contributed by atoms with van der Waals surface area (Å²) < 4.78 is 5.43. The molecule has 0 saturated carbocycles. The van der Waals surface area contributed by atoms with Crippen LogP contribution in [0.4, 0.5) is 0 Å². The second-order valence-corrected chi connectivity index (χ2v) is 7.24. The summed E-state index contributed by atoms with van der Waals surface area (Å²) in [6, 6.07) is 7.60. The second-order valence-electron chi connectivity index (χ2n) is 7.24. The van der Waals surface area contributed by atoms with Crippen molar-refractivity contribution in [1.82, 2.24) is 9.80 Å². The van der Waals surface area contributed by atoms with Crippen LogP contribution in [0.25, 0.3) is 0 Å². The van der Waals surface area contributed by atoms with Gasteiger partial charge in [0, 0.05) is 37.7 Å². The third-order valence-corrected chi connectivity index (χ3v) is 4.66. The maximum Gasteiger partial charge on any atom is 0.254 e. The Labute approximate surface area is 143 Å². The molecule has 1 atom stereocenters. The topological polar surface area (TPSA) is 49.9 Å². The molecule has 2 aliphatic heterocycles. The van der Waals surface area contributed by atoms with Crippen molar-refractivity contribution in [3.63, 3.8) is 0 Å². The number of ether oxygens (including phenoxy) is 1. The van der Waals surface area contributed by atoms with Crippen molar-refractivity contribution in [3.05, 3.63) is 35.4 Å². The van der Waals surface area contributed by atoms with Crippen molar-refractivity contribution in [1.29, 1.82) is 0 Å². The summed E-state index contributed by atoms with van der Waals surface area (Å²) >= 11 is 0. The largest absolute Gasteiger partial charge is 0.381 e. The quantitative estimate of drug-likeness (QED) is 0.803. The van der Waals surface area contributed by atoms with Crippen molar-refractivity contribution in [2.24, 2.45) is 11.8 Å². The summed E-state index contributed by atoms with van der Waals surface area (Å²) in [5.41, 5.74) is 1.74. The molecular formula is C19H26N2O3. The van der Waals surface area contributed by atoms with Crippen molar-refractivity contribution in [3.8, 4) is 0 Å². The molecule has 1 aromatic carbocycles. The van der Waals surface area contributed by atoms with Gasteiger partial charge in [-0.1, -0.05) is 32.0 Å². The van der Waals surface area contributed by atoms with Crippen LogP contribution in [0.2, 0.25) is 0 Å². The number of nitrogens with zero attached hydrogens (tertiary/aromatic N) is 2. The fourth-order valence-electron chi connectivity index (χ4n) is 3.46. The lowest BCUT2D eigenvalue weighted by atomic mass is 10.1. The minimum atomic E-state index is -0.0346. The van der Waals surface area contributed by atoms with Crippen LogP contribution in [0.15, 0.2) is 24.3 Å². The van der Waals surface area contributed by atoms with Crippen molar-refractivity contribution < 1.29 is 14.3 Å². The highest BCUT2D eigenvalue weighted by atomic mass is 16.5. The van der Waals surface area contributed by atoms with Crippen molar-refractivity contribution in [2.75, 3.05) is 32.8 Å². The second kappa shape index (κ2) is 7.34. The van der Waals surface area contributed by atoms with E-state index in [4.69, 9.17) is 4.74 Å². The number of carbonyl (C=O) groups excluding carboxylic acids is 2. The molecule has 24 heavy (non-hydrogen) atoms. The van der Waals surface area contributed by atoms with Crippen molar-refractivity contribution >= 4 is 11.8 Å². The molecule has 130 valence electrons. The van der Waals surface area contributed by atoms with Crippen LogP contribution in [0.5, 0.6) is 0 Å². The molecule has 0 N–H and O–H groups in total. The van der Waals surface area contributed by atoms with Crippen LogP contribution in [0.3, 0.4) is 0 Å². The molecule has 0 bridgehead atoms. The van der Waals surface area contributed by atoms with Gasteiger partial charge in [-0.05, 0) is 24.0 Å². The van der Waals surface area contributed by atoms with Gasteiger partial charge in [0.25, 0.3) is 5.91 Å². The SMILES string of the molecule is CC(C)CN(C[C@H]1CCOC1)C(=O)CN1Cc2ccccc2C1=O. The molecule has 0 aliphatic carbocycles. The Morgan fingerprint density at radius 1 is 1.38 bits per heavy atom. The molecule has 2 aliphatic rings. The number of carbonyl (C=O) groups is 2. The number of benzene rings is 1. The monoisotopic (exact) mass is 330 g/mol. The van der Waals surface area contributed by atoms with Gasteiger partial charge in [-0.3, -0.25) is 9.59 Å². The summed E-state index contributed by atoms with van der Waals surface area (Å²) in [7, 11) is 0. The number of hydrogen-bond donors (Lipinski definition) is 0. The molecular weight excluding hydrogens is 304 g/mol. The Balaban J connectivity index is 1.64. The Morgan fingerprint density at radius 3 is 2.83 bits per heavy atom. The van der Waals surface area contributed by atoms with Gasteiger partial charge >= 0.3 is 0 Å². The Morgan fingerprint density at radius 2 is 2.17 bits per heavy atom. The Bertz CT molecular complexity index is 608. The first-order valence-corrected chi connectivity index (χ1v) is 8.77. The number of amides is 2. The number of fused-ring (bicyclic) bond motifs is 1. The van der Waals surface area contributed by atoms with Gasteiger partial charge in [0.05, 0.1) is 6.61 Å². The van der Waals surface area contributed by atoms with Crippen molar-refractivity contribution in [2.45, 2.75) is 26.8 Å². The number of hydrogen-bond acceptors (Lipinski definition) is 3. The molecule has 3 rings (SSSR count). The molecule has 5 nitrogen and oxygen atoms in total. The molecule has 0 aromatic heterocycles. The van der Waals surface area contributed by atoms with E-state index >= 15 is 0 Å². The smallest absolute Gasteiger partial charge is 0.254 e. The standard InChI is InChI=1S/C19H26N2O3/c1-14(2)9-20(10-15-7-8-24-13-15)18(22)12-21-11-16-5-3-4-6-17(16)19(21)23/h3-6,14-15H,7-13H2,1-2H3/t15-/m1/s1. The minimum Gasteiger partial charge on any atom is -0.381 e. The predicted octanol–water partition coefficient (Wildman–Crippen LogP) is 2.16. The average Bonchev–Trinajstić information content (AvgIpc) is 3.16. The predicted molar refractivity (Wildman–Crippen MR) is 91.5 cm³/mol. The Hall–Kier alpha value is -1.88. The zero-order chi connectivity index (χ0) is 17.1. The maximum atomic E-state index is 12.8. The normalized spacial score (nSPS) is 19.9. The summed E-state index contributed by atoms with van der Waals surface area (Å²) in [6.45, 7) is 7.89. The van der Waals surface area contributed by atoms with Gasteiger partial charge in [0.2, 0.25) is 5.91 Å². The van der Waals surface area contributed by atoms with Gasteiger partial charge in [-0.2, -0.15) is 0 Å². The Kier molecular flexibility index (Phi) is 5.19. The van der Waals surface area contributed by atoms with Crippen LogP contribution in [0, 0.1) is 11.8 Å². The van der Waals surface area contributed by atoms with Crippen LogP contribution >= 0.6 is 0 Å². The molecule has 2 heterocycles. The summed E-state index contributed by atoms with van der Waals surface area (Å²) in [5.74, 6) is 0.825. The fourth-order valence-corrected chi connectivity index (χ4v) is 3.46. The summed E-state index contributed by atoms with van der Waals surface area (Å²) in [6.07, 6.45) is 1.01. The van der Waals surface area contributed by atoms with Gasteiger partial charge < -0.3 is 14.5 Å². The molecule has 5 heteroatoms. The molecule has 0 spiro atoms. The molecule has 0 radical (unpaired) electrons. The van der Waals surface area contributed by atoms with E-state index in [0.717, 1.165) is 43.9 Å². The fraction of sp³-hybridized carbons (Fsp3) is 0.579. The van der Waals surface area contributed by atoms with Crippen LogP contribution in [-0.2, 0) is 16.1 Å². The van der Waals surface area contributed by atoms with Gasteiger partial charge in [-0.15, -0.1) is 0 Å². The van der Waals surface area contributed by atoms with Gasteiger partial charge in [0.1, 0.15) is 6.54 Å². The maximum absolute atomic E-state index is 12.8. The highest BCUT2D eigenvalue weighted by molar-refractivity contribution is 6.00. The third-order valence-electron chi connectivity index (χ3n) is 4.66. The first kappa shape index (κ1) is 17.0. The highest BCUT2D eigenvalue weighted by Gasteiger charge is 2.30. The first-order valence-electron chi connectivity index (χ1n) is 8.77. The third kappa shape index (κ3) is 3.78. The van der Waals surface area contributed by atoms with E-state index < -0.39 is 0 Å². The lowest BCUT2D eigenvalue weighted by molar-refractivity contribution is -0.133. The summed E-state index contributed by atoms with van der Waals surface area (Å²) in [5, 5.41) is 0. The molecule has 1 saturated heterocycles. The minimum absolute atomic E-state index is 0.0346. The molecule has 0 unspecified atom stereocenters. The van der Waals surface area contributed by atoms with Crippen LogP contribution in [-0.4, -0.2) is 54.5 Å². The zero-order valence-corrected chi connectivity index (χ0v) is 14.5. The van der Waals surface area contributed by atoms with E-state index in [1.807, 2.05) is 29.2 Å². The zero-order valence-electron chi connectivity index (χ0n) is 14.5. The average molecular weight is 330 g/mol. The first-order chi connectivity index (χ1) is 11.5. The van der Waals surface area contributed by atoms with E-state index in [9.17, 15) is 9.59 Å². The van der Waals surface area contributed by atoms with Crippen LogP contribution in [0.1, 0.15) is 36.2 Å². The van der Waals surface area contributed by atoms with E-state index in [2.05, 4.69) is 13.8 Å². The lowest BCUT2D eigenvalue weighted by Crippen LogP contribution is -2.44. The van der Waals surface area contributed by atoms with E-state index in [1.54, 1.807) is 4.90 Å². The highest BCUT2D eigenvalue weighted by Crippen LogP contribution is 2.22. The lowest BCUT2D eigenvalue weighted by Gasteiger charge is -2.29. The number of rotatable bonds is 6. The van der Waals surface area contributed by atoms with Gasteiger partial charge in [-0.25, -0.2) is 0 Å². The van der Waals surface area contributed by atoms with Crippen LogP contribution < -0.4 is 0 Å². The van der Waals surface area contributed by atoms with E-state index in [0.29, 0.717) is 18.4 Å². The van der Waals surface area contributed by atoms with Gasteiger partial charge in [0.15, 0.2) is 0 Å². The van der Waals surface area contributed by atoms with E-state index in [1.165, 1.54) is 0 Å². The molecule has 1 aromatic rings. The van der Waals surface area contributed by atoms with E-state index in [-0.39, 0.29) is 18.4 Å².